The number of aryl methyl sites for hydroxylation is 1. The lowest BCUT2D eigenvalue weighted by molar-refractivity contribution is -0.147. The van der Waals surface area contributed by atoms with Crippen molar-refractivity contribution >= 4 is 27.6 Å². The third kappa shape index (κ3) is 3.24. The number of sulfonamides is 1. The number of carbonyl (C=O) groups excluding carboxylic acids is 1. The lowest BCUT2D eigenvalue weighted by atomic mass is 9.98. The van der Waals surface area contributed by atoms with Crippen molar-refractivity contribution < 1.29 is 23.1 Å². The van der Waals surface area contributed by atoms with Gasteiger partial charge in [0.05, 0.1) is 11.9 Å². The van der Waals surface area contributed by atoms with Crippen LogP contribution in [0.25, 0.3) is 0 Å². The maximum absolute atomic E-state index is 12.6. The molecule has 0 atom stereocenters. The molecule has 1 N–H and O–H groups in total. The normalized spacial score (nSPS) is 14.9. The number of likely N-dealkylation sites (N-methyl/N-ethyl adjacent to an activating group) is 1. The van der Waals surface area contributed by atoms with Gasteiger partial charge in [0, 0.05) is 19.2 Å². The lowest BCUT2D eigenvalue weighted by Crippen LogP contribution is -2.50. The Hall–Kier alpha value is -2.09. The molecule has 8 heteroatoms. The summed E-state index contributed by atoms with van der Waals surface area (Å²) < 4.78 is 25.1. The highest BCUT2D eigenvalue weighted by Gasteiger charge is 2.36. The average Bonchev–Trinajstić information content (AvgIpc) is 2.51. The maximum atomic E-state index is 12.6. The fraction of sp³-hybridized carbons (Fsp3) is 0.500. The summed E-state index contributed by atoms with van der Waals surface area (Å²) in [5, 5.41) is 9.26. The summed E-state index contributed by atoms with van der Waals surface area (Å²) in [6.07, 6.45) is 2.51. The average molecular weight is 354 g/mol. The Balaban J connectivity index is 2.39. The molecule has 0 saturated heterocycles. The molecule has 1 aromatic rings. The first kappa shape index (κ1) is 18.3. The second-order valence-electron chi connectivity index (χ2n) is 6.51. The van der Waals surface area contributed by atoms with Crippen LogP contribution in [-0.2, 0) is 21.2 Å². The lowest BCUT2D eigenvalue weighted by Gasteiger charge is -2.33. The van der Waals surface area contributed by atoms with Crippen LogP contribution in [-0.4, -0.2) is 55.7 Å². The van der Waals surface area contributed by atoms with Gasteiger partial charge in [-0.1, -0.05) is 0 Å². The smallest absolute Gasteiger partial charge is 0.329 e. The van der Waals surface area contributed by atoms with Gasteiger partial charge in [0.25, 0.3) is 5.91 Å². The van der Waals surface area contributed by atoms with E-state index in [9.17, 15) is 23.1 Å². The number of rotatable bonds is 4. The Morgan fingerprint density at radius 1 is 1.29 bits per heavy atom. The van der Waals surface area contributed by atoms with Gasteiger partial charge in [-0.2, -0.15) is 0 Å². The highest BCUT2D eigenvalue weighted by atomic mass is 32.2. The first-order valence-electron chi connectivity index (χ1n) is 7.58. The van der Waals surface area contributed by atoms with Crippen LogP contribution in [0, 0.1) is 0 Å². The van der Waals surface area contributed by atoms with Crippen molar-refractivity contribution in [3.05, 3.63) is 29.3 Å². The zero-order valence-corrected chi connectivity index (χ0v) is 15.1. The van der Waals surface area contributed by atoms with Gasteiger partial charge in [-0.25, -0.2) is 13.2 Å². The summed E-state index contributed by atoms with van der Waals surface area (Å²) >= 11 is 0. The van der Waals surface area contributed by atoms with Crippen LogP contribution in [0.15, 0.2) is 18.2 Å². The molecule has 1 aliphatic rings. The molecular weight excluding hydrogens is 332 g/mol. The van der Waals surface area contributed by atoms with Gasteiger partial charge in [-0.05, 0) is 50.5 Å². The van der Waals surface area contributed by atoms with Gasteiger partial charge < -0.3 is 10.0 Å². The van der Waals surface area contributed by atoms with Gasteiger partial charge in [-0.15, -0.1) is 0 Å². The van der Waals surface area contributed by atoms with Crippen molar-refractivity contribution in [1.82, 2.24) is 4.90 Å². The third-order valence-corrected chi connectivity index (χ3v) is 5.65. The topological polar surface area (TPSA) is 95.0 Å². The number of hydrogen-bond donors (Lipinski definition) is 1. The summed E-state index contributed by atoms with van der Waals surface area (Å²) in [5.41, 5.74) is 0.367. The molecule has 2 rings (SSSR count). The second-order valence-corrected chi connectivity index (χ2v) is 8.42. The fourth-order valence-corrected chi connectivity index (χ4v) is 3.63. The molecule has 7 nitrogen and oxygen atoms in total. The van der Waals surface area contributed by atoms with Crippen molar-refractivity contribution in [3.63, 3.8) is 0 Å². The van der Waals surface area contributed by atoms with Crippen LogP contribution in [0.3, 0.4) is 0 Å². The van der Waals surface area contributed by atoms with Crippen LogP contribution in [0.4, 0.5) is 5.69 Å². The summed E-state index contributed by atoms with van der Waals surface area (Å²) in [6.45, 7) is 3.33. The fourth-order valence-electron chi connectivity index (χ4n) is 2.63. The molecule has 0 aliphatic carbocycles. The Kier molecular flexibility index (Phi) is 4.63. The largest absolute Gasteiger partial charge is 0.480 e. The van der Waals surface area contributed by atoms with Crippen LogP contribution in [0.5, 0.6) is 0 Å². The number of hydrogen-bond acceptors (Lipinski definition) is 4. The first-order chi connectivity index (χ1) is 11.0. The van der Waals surface area contributed by atoms with E-state index >= 15 is 0 Å². The van der Waals surface area contributed by atoms with Crippen LogP contribution >= 0.6 is 0 Å². The molecule has 1 amide bonds. The highest BCUT2D eigenvalue weighted by Crippen LogP contribution is 2.30. The number of benzene rings is 1. The standard InChI is InChI=1S/C16H22N2O5S/c1-16(2,15(20)21)17(3)14(19)12-7-8-13-11(10-12)6-5-9-18(13)24(4,22)23/h7-8,10H,5-6,9H2,1-4H3,(H,20,21). The Morgan fingerprint density at radius 3 is 2.46 bits per heavy atom. The molecule has 0 unspecified atom stereocenters. The SMILES string of the molecule is CN(C(=O)c1ccc2c(c1)CCCN2S(C)(=O)=O)C(C)(C)C(=O)O. The summed E-state index contributed by atoms with van der Waals surface area (Å²) in [4.78, 5) is 25.1. The van der Waals surface area contributed by atoms with E-state index in [0.29, 0.717) is 30.6 Å². The zero-order valence-electron chi connectivity index (χ0n) is 14.2. The number of fused-ring (bicyclic) bond motifs is 1. The quantitative estimate of drug-likeness (QED) is 0.880. The number of nitrogens with zero attached hydrogens (tertiary/aromatic N) is 2. The molecule has 0 aromatic heterocycles. The van der Waals surface area contributed by atoms with E-state index < -0.39 is 27.4 Å². The van der Waals surface area contributed by atoms with Crippen molar-refractivity contribution in [2.45, 2.75) is 32.2 Å². The second kappa shape index (κ2) is 6.08. The number of carbonyl (C=O) groups is 2. The number of aliphatic carboxylic acids is 1. The Morgan fingerprint density at radius 2 is 1.92 bits per heavy atom. The molecule has 132 valence electrons. The zero-order chi connectivity index (χ0) is 18.3. The van der Waals surface area contributed by atoms with Gasteiger partial charge in [-0.3, -0.25) is 9.10 Å². The number of amides is 1. The summed E-state index contributed by atoms with van der Waals surface area (Å²) in [6, 6.07) is 4.81. The number of carboxylic acid groups (broad SMARTS) is 1. The van der Waals surface area contributed by atoms with Crippen LogP contribution in [0.2, 0.25) is 0 Å². The van der Waals surface area contributed by atoms with E-state index in [4.69, 9.17) is 0 Å². The van der Waals surface area contributed by atoms with E-state index in [1.165, 1.54) is 30.1 Å². The molecule has 0 fully saturated rings. The van der Waals surface area contributed by atoms with E-state index in [1.54, 1.807) is 18.2 Å². The summed E-state index contributed by atoms with van der Waals surface area (Å²) in [5.74, 6) is -1.51. The molecule has 0 radical (unpaired) electrons. The maximum Gasteiger partial charge on any atom is 0.329 e. The number of anilines is 1. The van der Waals surface area contributed by atoms with Crippen molar-refractivity contribution in [1.29, 1.82) is 0 Å². The third-order valence-electron chi connectivity index (χ3n) is 4.47. The van der Waals surface area contributed by atoms with Crippen molar-refractivity contribution in [3.8, 4) is 0 Å². The Bertz CT molecular complexity index is 786. The molecule has 24 heavy (non-hydrogen) atoms. The molecule has 1 aliphatic heterocycles. The van der Waals surface area contributed by atoms with Gasteiger partial charge >= 0.3 is 5.97 Å². The highest BCUT2D eigenvalue weighted by molar-refractivity contribution is 7.92. The van der Waals surface area contributed by atoms with E-state index in [-0.39, 0.29) is 0 Å². The summed E-state index contributed by atoms with van der Waals surface area (Å²) in [7, 11) is -1.92. The van der Waals surface area contributed by atoms with Crippen LogP contribution < -0.4 is 4.31 Å². The molecule has 1 aromatic carbocycles. The van der Waals surface area contributed by atoms with Crippen molar-refractivity contribution in [2.75, 3.05) is 24.2 Å². The van der Waals surface area contributed by atoms with E-state index in [0.717, 1.165) is 11.8 Å². The van der Waals surface area contributed by atoms with Crippen LogP contribution in [0.1, 0.15) is 36.2 Å². The van der Waals surface area contributed by atoms with Gasteiger partial charge in [0.15, 0.2) is 0 Å². The van der Waals surface area contributed by atoms with E-state index in [2.05, 4.69) is 0 Å². The molecule has 1 heterocycles. The number of carboxylic acids is 1. The van der Waals surface area contributed by atoms with Gasteiger partial charge in [0.1, 0.15) is 5.54 Å². The predicted molar refractivity (Wildman–Crippen MR) is 90.8 cm³/mol. The molecule has 0 bridgehead atoms. The van der Waals surface area contributed by atoms with E-state index in [1.807, 2.05) is 0 Å². The first-order valence-corrected chi connectivity index (χ1v) is 9.43. The minimum absolute atomic E-state index is 0.348. The van der Waals surface area contributed by atoms with Gasteiger partial charge in [0.2, 0.25) is 10.0 Å². The minimum Gasteiger partial charge on any atom is -0.480 e. The van der Waals surface area contributed by atoms with Crippen molar-refractivity contribution in [2.24, 2.45) is 0 Å². The monoisotopic (exact) mass is 354 g/mol. The molecular formula is C16H22N2O5S. The minimum atomic E-state index is -3.36. The molecule has 0 spiro atoms. The molecule has 0 saturated carbocycles. The Labute approximate surface area is 141 Å². The predicted octanol–water partition coefficient (Wildman–Crippen LogP) is 1.33.